The van der Waals surface area contributed by atoms with Crippen LogP contribution in [0.1, 0.15) is 29.0 Å². The van der Waals surface area contributed by atoms with Crippen LogP contribution in [0, 0.1) is 6.92 Å². The first-order valence-corrected chi connectivity index (χ1v) is 9.86. The molecule has 30 heavy (non-hydrogen) atoms. The molecule has 0 saturated carbocycles. The van der Waals surface area contributed by atoms with Crippen LogP contribution in [0.2, 0.25) is 0 Å². The molecule has 0 spiro atoms. The van der Waals surface area contributed by atoms with E-state index in [1.807, 2.05) is 42.6 Å². The Balaban J connectivity index is 1.49. The van der Waals surface area contributed by atoms with Gasteiger partial charge in [0.1, 0.15) is 5.75 Å². The second-order valence-electron chi connectivity index (χ2n) is 7.39. The number of hydrogen-bond acceptors (Lipinski definition) is 5. The van der Waals surface area contributed by atoms with E-state index in [0.29, 0.717) is 19.0 Å². The topological polar surface area (TPSA) is 80.7 Å². The summed E-state index contributed by atoms with van der Waals surface area (Å²) in [7, 11) is 1.61. The fourth-order valence-electron chi connectivity index (χ4n) is 3.81. The maximum atomic E-state index is 11.0. The van der Waals surface area contributed by atoms with E-state index in [4.69, 9.17) is 14.6 Å². The van der Waals surface area contributed by atoms with Crippen LogP contribution in [-0.4, -0.2) is 29.8 Å². The number of rotatable bonds is 7. The van der Waals surface area contributed by atoms with Gasteiger partial charge < -0.3 is 19.9 Å². The summed E-state index contributed by atoms with van der Waals surface area (Å²) in [5, 5.41) is 12.5. The van der Waals surface area contributed by atoms with Gasteiger partial charge >= 0.3 is 5.97 Å². The zero-order chi connectivity index (χ0) is 21.1. The average molecular weight is 404 g/mol. The van der Waals surface area contributed by atoms with Gasteiger partial charge in [-0.2, -0.15) is 0 Å². The van der Waals surface area contributed by atoms with Gasteiger partial charge in [0.15, 0.2) is 0 Å². The molecule has 2 N–H and O–H groups in total. The van der Waals surface area contributed by atoms with Crippen LogP contribution < -0.4 is 14.8 Å². The molecule has 6 heteroatoms. The third kappa shape index (κ3) is 4.08. The van der Waals surface area contributed by atoms with Crippen molar-refractivity contribution in [2.75, 3.05) is 19.0 Å². The van der Waals surface area contributed by atoms with E-state index in [0.717, 1.165) is 28.1 Å². The lowest BCUT2D eigenvalue weighted by atomic mass is 9.97. The number of nitrogens with zero attached hydrogens (tertiary/aromatic N) is 1. The van der Waals surface area contributed by atoms with Gasteiger partial charge in [-0.1, -0.05) is 24.3 Å². The SMILES string of the molecule is COc1ccc(-c2cccc(CNc3ccc4c(c3)OC[C@H]4CC(=O)O)c2C)cn1. The van der Waals surface area contributed by atoms with E-state index in [1.165, 1.54) is 11.1 Å². The molecular formula is C24H24N2O4. The molecule has 0 amide bonds. The number of anilines is 1. The number of aliphatic carboxylic acids is 1. The molecule has 154 valence electrons. The summed E-state index contributed by atoms with van der Waals surface area (Å²) in [6.45, 7) is 3.20. The highest BCUT2D eigenvalue weighted by Gasteiger charge is 2.26. The van der Waals surface area contributed by atoms with Crippen LogP contribution in [-0.2, 0) is 11.3 Å². The number of carbonyl (C=O) groups is 1. The maximum absolute atomic E-state index is 11.0. The van der Waals surface area contributed by atoms with Crippen LogP contribution in [0.4, 0.5) is 5.69 Å². The van der Waals surface area contributed by atoms with Crippen molar-refractivity contribution in [2.24, 2.45) is 0 Å². The minimum atomic E-state index is -0.805. The van der Waals surface area contributed by atoms with Gasteiger partial charge in [-0.05, 0) is 35.7 Å². The molecule has 1 aromatic heterocycles. The van der Waals surface area contributed by atoms with Crippen molar-refractivity contribution < 1.29 is 19.4 Å². The first kappa shape index (κ1) is 19.8. The highest BCUT2D eigenvalue weighted by atomic mass is 16.5. The Hall–Kier alpha value is -3.54. The van der Waals surface area contributed by atoms with Crippen LogP contribution in [0.15, 0.2) is 54.7 Å². The van der Waals surface area contributed by atoms with Crippen molar-refractivity contribution in [1.82, 2.24) is 4.98 Å². The summed E-state index contributed by atoms with van der Waals surface area (Å²) < 4.78 is 10.8. The number of ether oxygens (including phenoxy) is 2. The number of nitrogens with one attached hydrogen (secondary N) is 1. The van der Waals surface area contributed by atoms with Crippen molar-refractivity contribution in [3.63, 3.8) is 0 Å². The Morgan fingerprint density at radius 3 is 2.87 bits per heavy atom. The van der Waals surface area contributed by atoms with Gasteiger partial charge in [-0.3, -0.25) is 4.79 Å². The second kappa shape index (κ2) is 8.45. The smallest absolute Gasteiger partial charge is 0.304 e. The zero-order valence-electron chi connectivity index (χ0n) is 17.0. The summed E-state index contributed by atoms with van der Waals surface area (Å²) in [6.07, 6.45) is 1.91. The predicted octanol–water partition coefficient (Wildman–Crippen LogP) is 4.63. The number of carboxylic acid groups (broad SMARTS) is 1. The molecule has 2 aromatic carbocycles. The molecule has 0 aliphatic carbocycles. The summed E-state index contributed by atoms with van der Waals surface area (Å²) >= 11 is 0. The lowest BCUT2D eigenvalue weighted by Gasteiger charge is -2.14. The molecule has 1 aliphatic rings. The third-order valence-electron chi connectivity index (χ3n) is 5.50. The number of aromatic nitrogens is 1. The highest BCUT2D eigenvalue weighted by Crippen LogP contribution is 2.37. The number of pyridine rings is 1. The van der Waals surface area contributed by atoms with Crippen molar-refractivity contribution in [1.29, 1.82) is 0 Å². The lowest BCUT2D eigenvalue weighted by molar-refractivity contribution is -0.137. The molecule has 1 aliphatic heterocycles. The molecule has 4 rings (SSSR count). The molecule has 0 bridgehead atoms. The fraction of sp³-hybridized carbons (Fsp3) is 0.250. The molecule has 0 radical (unpaired) electrons. The summed E-state index contributed by atoms with van der Waals surface area (Å²) in [5.41, 5.74) is 6.47. The molecule has 0 saturated heterocycles. The minimum absolute atomic E-state index is 0.0800. The van der Waals surface area contributed by atoms with Crippen LogP contribution in [0.3, 0.4) is 0 Å². The largest absolute Gasteiger partial charge is 0.493 e. The monoisotopic (exact) mass is 404 g/mol. The number of hydrogen-bond donors (Lipinski definition) is 2. The average Bonchev–Trinajstić information content (AvgIpc) is 3.14. The van der Waals surface area contributed by atoms with Gasteiger partial charge in [0.2, 0.25) is 5.88 Å². The minimum Gasteiger partial charge on any atom is -0.493 e. The van der Waals surface area contributed by atoms with Gasteiger partial charge in [-0.15, -0.1) is 0 Å². The third-order valence-corrected chi connectivity index (χ3v) is 5.50. The fourth-order valence-corrected chi connectivity index (χ4v) is 3.81. The first-order chi connectivity index (χ1) is 14.5. The van der Waals surface area contributed by atoms with E-state index in [1.54, 1.807) is 7.11 Å². The Kier molecular flexibility index (Phi) is 5.57. The highest BCUT2D eigenvalue weighted by molar-refractivity contribution is 5.70. The zero-order valence-corrected chi connectivity index (χ0v) is 17.0. The van der Waals surface area contributed by atoms with E-state index < -0.39 is 5.97 Å². The summed E-state index contributed by atoms with van der Waals surface area (Å²) in [5.74, 6) is 0.476. The molecule has 1 atom stereocenters. The van der Waals surface area contributed by atoms with E-state index in [2.05, 4.69) is 29.4 Å². The van der Waals surface area contributed by atoms with E-state index in [-0.39, 0.29) is 12.3 Å². The van der Waals surface area contributed by atoms with Crippen molar-refractivity contribution in [3.8, 4) is 22.8 Å². The standard InChI is InChI=1S/C24H24N2O4/c1-15-16(4-3-5-20(15)17-6-9-23(29-2)26-13-17)12-25-19-7-8-21-18(10-24(27)28)14-30-22(21)11-19/h3-9,11,13,18,25H,10,12,14H2,1-2H3,(H,27,28)/t18-/m1/s1. The number of fused-ring (bicyclic) bond motifs is 1. The Bertz CT molecular complexity index is 1060. The Labute approximate surface area is 175 Å². The van der Waals surface area contributed by atoms with Gasteiger partial charge in [0.25, 0.3) is 0 Å². The normalized spacial score (nSPS) is 14.7. The van der Waals surface area contributed by atoms with Crippen molar-refractivity contribution in [3.05, 3.63) is 71.4 Å². The lowest BCUT2D eigenvalue weighted by Crippen LogP contribution is -2.07. The van der Waals surface area contributed by atoms with Crippen LogP contribution >= 0.6 is 0 Å². The molecule has 0 fully saturated rings. The summed E-state index contributed by atoms with van der Waals surface area (Å²) in [4.78, 5) is 15.3. The van der Waals surface area contributed by atoms with Gasteiger partial charge in [0.05, 0.1) is 20.1 Å². The Morgan fingerprint density at radius 2 is 2.13 bits per heavy atom. The van der Waals surface area contributed by atoms with Crippen molar-refractivity contribution >= 4 is 11.7 Å². The van der Waals surface area contributed by atoms with Crippen molar-refractivity contribution in [2.45, 2.75) is 25.8 Å². The molecular weight excluding hydrogens is 380 g/mol. The van der Waals surface area contributed by atoms with E-state index in [9.17, 15) is 4.79 Å². The molecule has 3 aromatic rings. The summed E-state index contributed by atoms with van der Waals surface area (Å²) in [6, 6.07) is 16.0. The second-order valence-corrected chi connectivity index (χ2v) is 7.39. The Morgan fingerprint density at radius 1 is 1.27 bits per heavy atom. The molecule has 6 nitrogen and oxygen atoms in total. The van der Waals surface area contributed by atoms with E-state index >= 15 is 0 Å². The van der Waals surface area contributed by atoms with Gasteiger partial charge in [0, 0.05) is 47.6 Å². The number of methoxy groups -OCH3 is 1. The number of benzene rings is 2. The predicted molar refractivity (Wildman–Crippen MR) is 115 cm³/mol. The molecule has 0 unspecified atom stereocenters. The molecule has 2 heterocycles. The van der Waals surface area contributed by atoms with Crippen LogP contribution in [0.25, 0.3) is 11.1 Å². The van der Waals surface area contributed by atoms with Crippen LogP contribution in [0.5, 0.6) is 11.6 Å². The maximum Gasteiger partial charge on any atom is 0.304 e. The quantitative estimate of drug-likeness (QED) is 0.598. The first-order valence-electron chi connectivity index (χ1n) is 9.86. The van der Waals surface area contributed by atoms with Gasteiger partial charge in [-0.25, -0.2) is 4.98 Å². The number of carboxylic acids is 1.